The Morgan fingerprint density at radius 3 is 2.60 bits per heavy atom. The maximum atomic E-state index is 13.4. The van der Waals surface area contributed by atoms with Crippen LogP contribution in [0.2, 0.25) is 5.02 Å². The van der Waals surface area contributed by atoms with E-state index in [1.807, 2.05) is 20.2 Å². The Bertz CT molecular complexity index is 1150. The van der Waals surface area contributed by atoms with Crippen LogP contribution in [-0.2, 0) is 6.18 Å². The van der Waals surface area contributed by atoms with Crippen LogP contribution in [0.3, 0.4) is 0 Å². The van der Waals surface area contributed by atoms with E-state index in [0.717, 1.165) is 33.9 Å². The summed E-state index contributed by atoms with van der Waals surface area (Å²) in [6.07, 6.45) is -3.93. The van der Waals surface area contributed by atoms with Gasteiger partial charge in [-0.05, 0) is 30.3 Å². The number of aliphatic hydroxyl groups is 1. The summed E-state index contributed by atoms with van der Waals surface area (Å²) in [6.45, 7) is 1.66. The molecule has 11 heteroatoms. The molecule has 0 unspecified atom stereocenters. The molecule has 3 rings (SSSR count). The minimum Gasteiger partial charge on any atom is -0.391 e. The highest BCUT2D eigenvalue weighted by atomic mass is 35.5. The van der Waals surface area contributed by atoms with Crippen LogP contribution in [0, 0.1) is 0 Å². The maximum Gasteiger partial charge on any atom is 0.416 e. The fourth-order valence-electron chi connectivity index (χ4n) is 3.45. The van der Waals surface area contributed by atoms with Crippen LogP contribution in [-0.4, -0.2) is 60.9 Å². The van der Waals surface area contributed by atoms with Crippen molar-refractivity contribution in [2.75, 3.05) is 45.2 Å². The minimum absolute atomic E-state index is 0.0562. The number of hydrogen-bond donors (Lipinski definition) is 2. The van der Waals surface area contributed by atoms with Gasteiger partial charge in [-0.1, -0.05) is 29.8 Å². The molecule has 0 fully saturated rings. The first-order valence-corrected chi connectivity index (χ1v) is 12.2. The summed E-state index contributed by atoms with van der Waals surface area (Å²) >= 11 is 7.22. The molecule has 0 saturated heterocycles. The number of thiazole rings is 1. The SMILES string of the molecule is C[N+](C)(CCO)CCCNC(=O)N(c1cccc(C(F)(F)F)c1)c1nc(-c2cccc(Cl)c2)cs1. The zero-order valence-corrected chi connectivity index (χ0v) is 20.9. The summed E-state index contributed by atoms with van der Waals surface area (Å²) in [5.74, 6) is 0. The van der Waals surface area contributed by atoms with Gasteiger partial charge in [-0.25, -0.2) is 14.7 Å². The number of aromatic nitrogens is 1. The zero-order valence-electron chi connectivity index (χ0n) is 19.3. The van der Waals surface area contributed by atoms with E-state index in [1.54, 1.807) is 23.6 Å². The van der Waals surface area contributed by atoms with Crippen molar-refractivity contribution in [3.05, 3.63) is 64.5 Å². The Kier molecular flexibility index (Phi) is 8.76. The first-order valence-electron chi connectivity index (χ1n) is 10.9. The molecule has 2 aromatic carbocycles. The number of amides is 2. The van der Waals surface area contributed by atoms with E-state index in [1.165, 1.54) is 12.1 Å². The number of nitrogens with zero attached hydrogens (tertiary/aromatic N) is 3. The lowest BCUT2D eigenvalue weighted by molar-refractivity contribution is -0.890. The molecule has 0 aliphatic rings. The predicted molar refractivity (Wildman–Crippen MR) is 133 cm³/mol. The van der Waals surface area contributed by atoms with E-state index in [0.29, 0.717) is 41.3 Å². The second-order valence-corrected chi connectivity index (χ2v) is 9.87. The minimum atomic E-state index is -4.55. The van der Waals surface area contributed by atoms with E-state index in [9.17, 15) is 18.0 Å². The van der Waals surface area contributed by atoms with Gasteiger partial charge < -0.3 is 14.9 Å². The standard InChI is InChI=1S/C24H26ClF3N4O2S/c1-32(2,12-13-33)11-5-10-29-22(34)31(20-9-4-7-18(15-20)24(26,27)28)23-30-21(16-35-23)17-6-3-8-19(25)14-17/h3-4,6-9,14-16,33H,5,10-13H2,1-2H3/p+1. The number of halogens is 4. The number of benzene rings is 2. The molecule has 0 aliphatic carbocycles. The summed E-state index contributed by atoms with van der Waals surface area (Å²) in [5.41, 5.74) is 0.483. The largest absolute Gasteiger partial charge is 0.416 e. The maximum absolute atomic E-state index is 13.4. The highest BCUT2D eigenvalue weighted by molar-refractivity contribution is 7.14. The number of carbonyl (C=O) groups is 1. The Morgan fingerprint density at radius 2 is 1.91 bits per heavy atom. The quantitative estimate of drug-likeness (QED) is 0.273. The van der Waals surface area contributed by atoms with Crippen LogP contribution in [0.1, 0.15) is 12.0 Å². The van der Waals surface area contributed by atoms with Crippen LogP contribution in [0.25, 0.3) is 11.3 Å². The molecule has 0 spiro atoms. The normalized spacial score (nSPS) is 12.0. The van der Waals surface area contributed by atoms with Crippen molar-refractivity contribution in [3.63, 3.8) is 0 Å². The van der Waals surface area contributed by atoms with Crippen LogP contribution in [0.4, 0.5) is 28.8 Å². The number of rotatable bonds is 9. The Hall–Kier alpha value is -2.66. The van der Waals surface area contributed by atoms with Gasteiger partial charge in [0.25, 0.3) is 0 Å². The molecule has 0 atom stereocenters. The molecule has 1 aromatic heterocycles. The van der Waals surface area contributed by atoms with Gasteiger partial charge in [0.1, 0.15) is 6.54 Å². The van der Waals surface area contributed by atoms with Crippen LogP contribution >= 0.6 is 22.9 Å². The molecule has 35 heavy (non-hydrogen) atoms. The molecule has 2 amide bonds. The van der Waals surface area contributed by atoms with E-state index < -0.39 is 17.8 Å². The van der Waals surface area contributed by atoms with E-state index in [4.69, 9.17) is 16.7 Å². The van der Waals surface area contributed by atoms with Crippen molar-refractivity contribution in [1.29, 1.82) is 0 Å². The molecule has 2 N–H and O–H groups in total. The fourth-order valence-corrected chi connectivity index (χ4v) is 4.49. The molecule has 6 nitrogen and oxygen atoms in total. The zero-order chi connectivity index (χ0) is 25.6. The van der Waals surface area contributed by atoms with E-state index in [-0.39, 0.29) is 17.4 Å². The predicted octanol–water partition coefficient (Wildman–Crippen LogP) is 5.79. The summed E-state index contributed by atoms with van der Waals surface area (Å²) in [4.78, 5) is 18.9. The number of carbonyl (C=O) groups excluding carboxylic acids is 1. The first kappa shape index (κ1) is 26.9. The van der Waals surface area contributed by atoms with Crippen LogP contribution < -0.4 is 10.2 Å². The van der Waals surface area contributed by atoms with Gasteiger partial charge >= 0.3 is 12.2 Å². The van der Waals surface area contributed by atoms with Crippen molar-refractivity contribution in [1.82, 2.24) is 10.3 Å². The smallest absolute Gasteiger partial charge is 0.391 e. The molecule has 0 radical (unpaired) electrons. The van der Waals surface area contributed by atoms with Crippen molar-refractivity contribution < 1.29 is 27.6 Å². The van der Waals surface area contributed by atoms with Gasteiger partial charge in [-0.15, -0.1) is 11.3 Å². The van der Waals surface area contributed by atoms with Gasteiger partial charge in [0.2, 0.25) is 0 Å². The Labute approximate surface area is 211 Å². The van der Waals surface area contributed by atoms with E-state index >= 15 is 0 Å². The van der Waals surface area contributed by atoms with E-state index in [2.05, 4.69) is 10.3 Å². The van der Waals surface area contributed by atoms with Gasteiger partial charge in [0, 0.05) is 28.9 Å². The van der Waals surface area contributed by atoms with Gasteiger partial charge in [-0.2, -0.15) is 13.2 Å². The fraction of sp³-hybridized carbons (Fsp3) is 0.333. The number of likely N-dealkylation sites (N-methyl/N-ethyl adjacent to an activating group) is 1. The average molecular weight is 528 g/mol. The molecule has 0 saturated carbocycles. The highest BCUT2D eigenvalue weighted by Gasteiger charge is 2.32. The van der Waals surface area contributed by atoms with Gasteiger partial charge in [-0.3, -0.25) is 0 Å². The lowest BCUT2D eigenvalue weighted by Gasteiger charge is -2.29. The second-order valence-electron chi connectivity index (χ2n) is 8.60. The van der Waals surface area contributed by atoms with Crippen molar-refractivity contribution in [2.24, 2.45) is 0 Å². The van der Waals surface area contributed by atoms with Gasteiger partial charge in [0.15, 0.2) is 5.13 Å². The number of nitrogens with one attached hydrogen (secondary N) is 1. The third kappa shape index (κ3) is 7.41. The summed E-state index contributed by atoms with van der Waals surface area (Å²) in [5, 5.41) is 14.4. The van der Waals surface area contributed by atoms with Gasteiger partial charge in [0.05, 0.1) is 44.2 Å². The number of hydrogen-bond acceptors (Lipinski definition) is 4. The average Bonchev–Trinajstić information content (AvgIpc) is 3.26. The number of alkyl halides is 3. The molecule has 3 aromatic rings. The number of urea groups is 1. The third-order valence-electron chi connectivity index (χ3n) is 5.36. The molecular weight excluding hydrogens is 501 g/mol. The molecule has 188 valence electrons. The second kappa shape index (κ2) is 11.4. The number of quaternary nitrogens is 1. The Morgan fingerprint density at radius 1 is 1.17 bits per heavy atom. The highest BCUT2D eigenvalue weighted by Crippen LogP contribution is 2.36. The molecule has 0 bridgehead atoms. The van der Waals surface area contributed by atoms with Crippen LogP contribution in [0.15, 0.2) is 53.9 Å². The Balaban J connectivity index is 1.87. The van der Waals surface area contributed by atoms with Crippen molar-refractivity contribution in [3.8, 4) is 11.3 Å². The topological polar surface area (TPSA) is 65.5 Å². The van der Waals surface area contributed by atoms with Crippen molar-refractivity contribution >= 4 is 39.8 Å². The van der Waals surface area contributed by atoms with Crippen molar-refractivity contribution in [2.45, 2.75) is 12.6 Å². The lowest BCUT2D eigenvalue weighted by atomic mass is 10.2. The number of aliphatic hydroxyl groups excluding tert-OH is 1. The lowest BCUT2D eigenvalue weighted by Crippen LogP contribution is -2.44. The molecular formula is C24H27ClF3N4O2S+. The summed E-state index contributed by atoms with van der Waals surface area (Å²) in [6, 6.07) is 11.0. The monoisotopic (exact) mass is 527 g/mol. The number of anilines is 2. The summed E-state index contributed by atoms with van der Waals surface area (Å²) in [7, 11) is 3.94. The summed E-state index contributed by atoms with van der Waals surface area (Å²) < 4.78 is 40.7. The van der Waals surface area contributed by atoms with Crippen LogP contribution in [0.5, 0.6) is 0 Å². The molecule has 1 heterocycles. The first-order chi connectivity index (χ1) is 16.5. The third-order valence-corrected chi connectivity index (χ3v) is 6.42. The molecule has 0 aliphatic heterocycles.